The average Bonchev–Trinajstić information content (AvgIpc) is 2.49. The van der Waals surface area contributed by atoms with Gasteiger partial charge in [-0.15, -0.1) is 0 Å². The first-order valence-electron chi connectivity index (χ1n) is 5.50. The van der Waals surface area contributed by atoms with Crippen molar-refractivity contribution in [3.63, 3.8) is 0 Å². The van der Waals surface area contributed by atoms with Crippen LogP contribution in [0.2, 0.25) is 0 Å². The molecule has 13 heavy (non-hydrogen) atoms. The molecule has 1 N–H and O–H groups in total. The van der Waals surface area contributed by atoms with Crippen molar-refractivity contribution in [1.82, 2.24) is 0 Å². The number of rotatable bonds is 0. The van der Waals surface area contributed by atoms with Crippen LogP contribution in [0.3, 0.4) is 0 Å². The zero-order valence-electron chi connectivity index (χ0n) is 8.29. The number of fused-ring (bicyclic) bond motifs is 4. The molecule has 3 aliphatic rings. The molecule has 5 atom stereocenters. The quantitative estimate of drug-likeness (QED) is 0.565. The van der Waals surface area contributed by atoms with Crippen molar-refractivity contribution in [3.8, 4) is 0 Å². The van der Waals surface area contributed by atoms with Gasteiger partial charge in [-0.25, -0.2) is 0 Å². The lowest BCUT2D eigenvalue weighted by Gasteiger charge is -2.55. The largest absolute Gasteiger partial charge is 0.393 e. The molecule has 0 spiro atoms. The van der Waals surface area contributed by atoms with Crippen molar-refractivity contribution in [1.29, 1.82) is 0 Å². The first-order valence-corrected chi connectivity index (χ1v) is 5.50. The van der Waals surface area contributed by atoms with Crippen molar-refractivity contribution in [2.24, 2.45) is 23.2 Å². The van der Waals surface area contributed by atoms with Gasteiger partial charge in [0.25, 0.3) is 0 Å². The molecule has 0 heterocycles. The summed E-state index contributed by atoms with van der Waals surface area (Å²) < 4.78 is 0. The molecule has 0 amide bonds. The molecule has 0 aliphatic heterocycles. The molecule has 1 nitrogen and oxygen atoms in total. The summed E-state index contributed by atoms with van der Waals surface area (Å²) in [4.78, 5) is 0. The van der Waals surface area contributed by atoms with E-state index in [0.29, 0.717) is 11.3 Å². The summed E-state index contributed by atoms with van der Waals surface area (Å²) in [5.41, 5.74) is 1.90. The van der Waals surface area contributed by atoms with Crippen LogP contribution >= 0.6 is 0 Å². The van der Waals surface area contributed by atoms with Crippen molar-refractivity contribution in [2.75, 3.05) is 0 Å². The van der Waals surface area contributed by atoms with E-state index in [4.69, 9.17) is 0 Å². The molecule has 0 unspecified atom stereocenters. The summed E-state index contributed by atoms with van der Waals surface area (Å²) >= 11 is 0. The van der Waals surface area contributed by atoms with Crippen LogP contribution in [0.5, 0.6) is 0 Å². The molecule has 0 aromatic carbocycles. The lowest BCUT2D eigenvalue weighted by molar-refractivity contribution is -0.0926. The van der Waals surface area contributed by atoms with E-state index in [2.05, 4.69) is 13.5 Å². The van der Waals surface area contributed by atoms with Gasteiger partial charge >= 0.3 is 0 Å². The molecule has 0 saturated heterocycles. The highest BCUT2D eigenvalue weighted by Crippen LogP contribution is 2.70. The minimum atomic E-state index is -0.00264. The van der Waals surface area contributed by atoms with Crippen LogP contribution in [0.1, 0.15) is 32.6 Å². The fourth-order valence-corrected chi connectivity index (χ4v) is 4.58. The van der Waals surface area contributed by atoms with Crippen LogP contribution in [-0.4, -0.2) is 11.2 Å². The Morgan fingerprint density at radius 1 is 1.46 bits per heavy atom. The maximum absolute atomic E-state index is 9.89. The van der Waals surface area contributed by atoms with Crippen LogP contribution in [0.15, 0.2) is 12.2 Å². The third kappa shape index (κ3) is 0.735. The summed E-state index contributed by atoms with van der Waals surface area (Å²) in [7, 11) is 0. The Labute approximate surface area is 79.8 Å². The zero-order chi connectivity index (χ0) is 9.22. The molecule has 0 aromatic heterocycles. The Morgan fingerprint density at radius 2 is 2.23 bits per heavy atom. The van der Waals surface area contributed by atoms with E-state index in [1.165, 1.54) is 24.8 Å². The fraction of sp³-hybridized carbons (Fsp3) is 0.833. The molecule has 1 heteroatoms. The summed E-state index contributed by atoms with van der Waals surface area (Å²) in [5, 5.41) is 9.89. The van der Waals surface area contributed by atoms with Crippen LogP contribution in [-0.2, 0) is 0 Å². The van der Waals surface area contributed by atoms with Gasteiger partial charge in [-0.05, 0) is 48.9 Å². The van der Waals surface area contributed by atoms with Gasteiger partial charge in [0.05, 0.1) is 6.10 Å². The van der Waals surface area contributed by atoms with Gasteiger partial charge in [-0.2, -0.15) is 0 Å². The Morgan fingerprint density at radius 3 is 3.00 bits per heavy atom. The number of aliphatic hydroxyl groups excluding tert-OH is 1. The van der Waals surface area contributed by atoms with Crippen molar-refractivity contribution < 1.29 is 5.11 Å². The molecule has 3 fully saturated rings. The fourth-order valence-electron chi connectivity index (χ4n) is 4.58. The predicted octanol–water partition coefficient (Wildman–Crippen LogP) is 2.36. The Balaban J connectivity index is 1.96. The van der Waals surface area contributed by atoms with E-state index in [9.17, 15) is 5.11 Å². The van der Waals surface area contributed by atoms with E-state index in [1.54, 1.807) is 0 Å². The minimum absolute atomic E-state index is 0.00264. The monoisotopic (exact) mass is 178 g/mol. The predicted molar refractivity (Wildman–Crippen MR) is 52.2 cm³/mol. The Kier molecular flexibility index (Phi) is 1.36. The summed E-state index contributed by atoms with van der Waals surface area (Å²) in [6, 6.07) is 0. The van der Waals surface area contributed by atoms with Gasteiger partial charge in [-0.1, -0.05) is 19.1 Å². The molecular weight excluding hydrogens is 160 g/mol. The lowest BCUT2D eigenvalue weighted by Crippen LogP contribution is -2.53. The number of hydrogen-bond acceptors (Lipinski definition) is 1. The number of allylic oxidation sites excluding steroid dienone is 1. The van der Waals surface area contributed by atoms with Gasteiger partial charge in [0.2, 0.25) is 0 Å². The molecule has 0 bridgehead atoms. The van der Waals surface area contributed by atoms with Crippen molar-refractivity contribution in [3.05, 3.63) is 12.2 Å². The molecule has 72 valence electrons. The topological polar surface area (TPSA) is 20.2 Å². The van der Waals surface area contributed by atoms with Gasteiger partial charge in [0, 0.05) is 0 Å². The van der Waals surface area contributed by atoms with E-state index in [1.807, 2.05) is 0 Å². The molecule has 3 saturated carbocycles. The highest BCUT2D eigenvalue weighted by atomic mass is 16.3. The second-order valence-electron chi connectivity index (χ2n) is 5.48. The lowest BCUT2D eigenvalue weighted by atomic mass is 9.49. The third-order valence-corrected chi connectivity index (χ3v) is 4.99. The maximum atomic E-state index is 9.89. The van der Waals surface area contributed by atoms with E-state index in [-0.39, 0.29) is 6.10 Å². The summed E-state index contributed by atoms with van der Waals surface area (Å²) in [5.74, 6) is 2.15. The third-order valence-electron chi connectivity index (χ3n) is 4.99. The molecule has 0 aromatic rings. The first kappa shape index (κ1) is 8.05. The highest BCUT2D eigenvalue weighted by molar-refractivity contribution is 5.26. The minimum Gasteiger partial charge on any atom is -0.393 e. The van der Waals surface area contributed by atoms with E-state index < -0.39 is 0 Å². The number of hydrogen-bond donors (Lipinski definition) is 1. The van der Waals surface area contributed by atoms with Crippen LogP contribution in [0.4, 0.5) is 0 Å². The summed E-state index contributed by atoms with van der Waals surface area (Å²) in [6.45, 7) is 6.55. The van der Waals surface area contributed by atoms with Crippen LogP contribution in [0.25, 0.3) is 0 Å². The normalized spacial score (nSPS) is 58.8. The van der Waals surface area contributed by atoms with Gasteiger partial charge < -0.3 is 5.11 Å². The average molecular weight is 178 g/mol. The summed E-state index contributed by atoms with van der Waals surface area (Å²) in [6.07, 6.45) is 4.76. The zero-order valence-corrected chi connectivity index (χ0v) is 8.29. The maximum Gasteiger partial charge on any atom is 0.0576 e. The Hall–Kier alpha value is -0.300. The van der Waals surface area contributed by atoms with Crippen molar-refractivity contribution >= 4 is 0 Å². The number of aliphatic hydroxyl groups is 1. The molecule has 3 aliphatic carbocycles. The molecule has 3 rings (SSSR count). The molecule has 0 radical (unpaired) electrons. The van der Waals surface area contributed by atoms with Crippen LogP contribution in [0, 0.1) is 23.2 Å². The smallest absolute Gasteiger partial charge is 0.0576 e. The second kappa shape index (κ2) is 2.20. The second-order valence-corrected chi connectivity index (χ2v) is 5.48. The van der Waals surface area contributed by atoms with E-state index >= 15 is 0 Å². The van der Waals surface area contributed by atoms with Crippen molar-refractivity contribution in [2.45, 2.75) is 38.7 Å². The van der Waals surface area contributed by atoms with Gasteiger partial charge in [0.1, 0.15) is 0 Å². The first-order chi connectivity index (χ1) is 6.14. The van der Waals surface area contributed by atoms with Gasteiger partial charge in [-0.3, -0.25) is 0 Å². The molecular formula is C12H18O. The standard InChI is InChI=1S/C12H18O/c1-7-3-4-8-10(7)12(2)6-5-9(13)11(8)12/h8-11,13H,1,3-6H2,2H3/t8-,9-,10+,11-,12-/m1/s1. The van der Waals surface area contributed by atoms with Gasteiger partial charge in [0.15, 0.2) is 0 Å². The van der Waals surface area contributed by atoms with Crippen LogP contribution < -0.4 is 0 Å². The van der Waals surface area contributed by atoms with E-state index in [0.717, 1.165) is 18.3 Å². The highest BCUT2D eigenvalue weighted by Gasteiger charge is 2.65. The Bertz CT molecular complexity index is 270. The SMILES string of the molecule is C=C1CC[C@H]2[C@@H]3[C@H](O)CC[C@]3(C)[C@@H]12.